The zero-order valence-electron chi connectivity index (χ0n) is 6.61. The van der Waals surface area contributed by atoms with E-state index in [0.717, 1.165) is 24.2 Å². The van der Waals surface area contributed by atoms with Crippen LogP contribution in [0.25, 0.3) is 0 Å². The Hall–Kier alpha value is -0.300. The van der Waals surface area contributed by atoms with Gasteiger partial charge in [0.1, 0.15) is 0 Å². The van der Waals surface area contributed by atoms with Crippen LogP contribution in [-0.2, 0) is 0 Å². The van der Waals surface area contributed by atoms with Crippen LogP contribution in [0.2, 0.25) is 0 Å². The van der Waals surface area contributed by atoms with Crippen LogP contribution in [0.5, 0.6) is 0 Å². The lowest BCUT2D eigenvalue weighted by Gasteiger charge is -2.27. The molecule has 0 spiro atoms. The van der Waals surface area contributed by atoms with E-state index in [4.69, 9.17) is 0 Å². The van der Waals surface area contributed by atoms with Crippen LogP contribution in [0, 0.1) is 23.7 Å². The van der Waals surface area contributed by atoms with Crippen molar-refractivity contribution in [1.29, 1.82) is 0 Å². The maximum absolute atomic E-state index is 9.64. The lowest BCUT2D eigenvalue weighted by Crippen LogP contribution is -2.27. The summed E-state index contributed by atoms with van der Waals surface area (Å²) in [6, 6.07) is 0. The molecule has 0 heterocycles. The van der Waals surface area contributed by atoms with Gasteiger partial charge >= 0.3 is 0 Å². The van der Waals surface area contributed by atoms with Crippen molar-refractivity contribution >= 4 is 0 Å². The van der Waals surface area contributed by atoms with Crippen molar-refractivity contribution in [3.8, 4) is 0 Å². The molecule has 3 rings (SSSR count). The fourth-order valence-electron chi connectivity index (χ4n) is 3.52. The Bertz CT molecular complexity index is 209. The lowest BCUT2D eigenvalue weighted by atomic mass is 9.80. The van der Waals surface area contributed by atoms with Crippen LogP contribution in [0.3, 0.4) is 0 Å². The molecule has 3 aliphatic carbocycles. The van der Waals surface area contributed by atoms with Crippen LogP contribution < -0.4 is 0 Å². The standard InChI is InChI=1S/C10H14O/c11-10-5-6-4-9(10)8-3-1-2-7(6)8/h1-2,6-11H,3-5H2/t6-,7-,8+,9+,10-/m0/s1. The van der Waals surface area contributed by atoms with Crippen LogP contribution in [0.15, 0.2) is 12.2 Å². The van der Waals surface area contributed by atoms with Gasteiger partial charge in [0, 0.05) is 0 Å². The highest BCUT2D eigenvalue weighted by atomic mass is 16.3. The second kappa shape index (κ2) is 1.89. The van der Waals surface area contributed by atoms with Gasteiger partial charge in [-0.05, 0) is 42.9 Å². The number of aliphatic hydroxyl groups excluding tert-OH is 1. The molecule has 60 valence electrons. The number of hydrogen-bond acceptors (Lipinski definition) is 1. The average molecular weight is 150 g/mol. The minimum atomic E-state index is 0.0427. The largest absolute Gasteiger partial charge is 0.393 e. The molecule has 0 aromatic heterocycles. The zero-order valence-corrected chi connectivity index (χ0v) is 6.61. The van der Waals surface area contributed by atoms with Gasteiger partial charge in [-0.15, -0.1) is 0 Å². The first-order valence-corrected chi connectivity index (χ1v) is 4.71. The third-order valence-electron chi connectivity index (χ3n) is 3.97. The van der Waals surface area contributed by atoms with Crippen molar-refractivity contribution in [1.82, 2.24) is 0 Å². The molecular weight excluding hydrogens is 136 g/mol. The van der Waals surface area contributed by atoms with Gasteiger partial charge in [-0.3, -0.25) is 0 Å². The highest BCUT2D eigenvalue weighted by Gasteiger charge is 2.51. The monoisotopic (exact) mass is 150 g/mol. The fraction of sp³-hybridized carbons (Fsp3) is 0.800. The Morgan fingerprint density at radius 3 is 3.00 bits per heavy atom. The van der Waals surface area contributed by atoms with E-state index in [1.807, 2.05) is 0 Å². The van der Waals surface area contributed by atoms with E-state index in [-0.39, 0.29) is 6.10 Å². The van der Waals surface area contributed by atoms with E-state index >= 15 is 0 Å². The maximum Gasteiger partial charge on any atom is 0.0574 e. The summed E-state index contributed by atoms with van der Waals surface area (Å²) in [6.45, 7) is 0. The summed E-state index contributed by atoms with van der Waals surface area (Å²) in [5, 5.41) is 9.64. The molecule has 0 radical (unpaired) electrons. The third-order valence-corrected chi connectivity index (χ3v) is 3.97. The van der Waals surface area contributed by atoms with E-state index in [2.05, 4.69) is 12.2 Å². The van der Waals surface area contributed by atoms with Gasteiger partial charge < -0.3 is 5.11 Å². The molecule has 11 heavy (non-hydrogen) atoms. The molecule has 3 aliphatic rings. The summed E-state index contributed by atoms with van der Waals surface area (Å²) in [5.41, 5.74) is 0. The Morgan fingerprint density at radius 2 is 2.09 bits per heavy atom. The van der Waals surface area contributed by atoms with Crippen LogP contribution in [-0.4, -0.2) is 11.2 Å². The second-order valence-corrected chi connectivity index (χ2v) is 4.37. The molecule has 2 bridgehead atoms. The van der Waals surface area contributed by atoms with Crippen molar-refractivity contribution < 1.29 is 5.11 Å². The highest BCUT2D eigenvalue weighted by molar-refractivity contribution is 5.14. The highest BCUT2D eigenvalue weighted by Crippen LogP contribution is 2.56. The minimum Gasteiger partial charge on any atom is -0.393 e. The number of hydrogen-bond donors (Lipinski definition) is 1. The summed E-state index contributed by atoms with van der Waals surface area (Å²) in [7, 11) is 0. The molecule has 0 unspecified atom stereocenters. The molecular formula is C10H14O. The van der Waals surface area contributed by atoms with Crippen molar-refractivity contribution in [2.45, 2.75) is 25.4 Å². The Morgan fingerprint density at radius 1 is 1.18 bits per heavy atom. The Labute approximate surface area is 67.1 Å². The van der Waals surface area contributed by atoms with E-state index in [1.165, 1.54) is 12.8 Å². The molecule has 1 heteroatoms. The molecule has 5 atom stereocenters. The molecule has 2 fully saturated rings. The predicted octanol–water partition coefficient (Wildman–Crippen LogP) is 1.58. The first-order valence-electron chi connectivity index (χ1n) is 4.71. The molecule has 2 saturated carbocycles. The third kappa shape index (κ3) is 0.652. The summed E-state index contributed by atoms with van der Waals surface area (Å²) in [4.78, 5) is 0. The second-order valence-electron chi connectivity index (χ2n) is 4.37. The van der Waals surface area contributed by atoms with Gasteiger partial charge in [-0.25, -0.2) is 0 Å². The van der Waals surface area contributed by atoms with E-state index in [0.29, 0.717) is 5.92 Å². The summed E-state index contributed by atoms with van der Waals surface area (Å²) < 4.78 is 0. The first-order chi connectivity index (χ1) is 5.36. The number of rotatable bonds is 0. The smallest absolute Gasteiger partial charge is 0.0574 e. The molecule has 0 aliphatic heterocycles. The molecule has 1 nitrogen and oxygen atoms in total. The van der Waals surface area contributed by atoms with Gasteiger partial charge in [0.25, 0.3) is 0 Å². The van der Waals surface area contributed by atoms with E-state index in [1.54, 1.807) is 0 Å². The van der Waals surface area contributed by atoms with Crippen LogP contribution in [0.1, 0.15) is 19.3 Å². The zero-order chi connectivity index (χ0) is 7.42. The minimum absolute atomic E-state index is 0.0427. The van der Waals surface area contributed by atoms with E-state index in [9.17, 15) is 5.11 Å². The lowest BCUT2D eigenvalue weighted by molar-refractivity contribution is 0.0697. The number of allylic oxidation sites excluding steroid dienone is 2. The SMILES string of the molecule is O[C@H]1C[C@@H]2C[C@@H]1[C@@H]1CC=C[C@@H]21. The summed E-state index contributed by atoms with van der Waals surface area (Å²) in [6.07, 6.45) is 8.37. The Kier molecular flexibility index (Phi) is 1.07. The normalized spacial score (nSPS) is 58.8. The predicted molar refractivity (Wildman–Crippen MR) is 43.0 cm³/mol. The molecule has 0 aromatic rings. The quantitative estimate of drug-likeness (QED) is 0.520. The van der Waals surface area contributed by atoms with Gasteiger partial charge in [0.05, 0.1) is 6.10 Å². The first kappa shape index (κ1) is 6.24. The number of fused-ring (bicyclic) bond motifs is 5. The van der Waals surface area contributed by atoms with Crippen LogP contribution in [0.4, 0.5) is 0 Å². The average Bonchev–Trinajstić information content (AvgIpc) is 2.52. The van der Waals surface area contributed by atoms with Gasteiger partial charge in [-0.2, -0.15) is 0 Å². The number of aliphatic hydroxyl groups is 1. The molecule has 0 aromatic carbocycles. The molecule has 1 N–H and O–H groups in total. The summed E-state index contributed by atoms with van der Waals surface area (Å²) in [5.74, 6) is 3.16. The van der Waals surface area contributed by atoms with Gasteiger partial charge in [0.2, 0.25) is 0 Å². The molecule has 0 saturated heterocycles. The van der Waals surface area contributed by atoms with Crippen molar-refractivity contribution in [3.63, 3.8) is 0 Å². The topological polar surface area (TPSA) is 20.2 Å². The molecule has 0 amide bonds. The van der Waals surface area contributed by atoms with Crippen LogP contribution >= 0.6 is 0 Å². The van der Waals surface area contributed by atoms with Gasteiger partial charge in [-0.1, -0.05) is 12.2 Å². The Balaban J connectivity index is 1.94. The van der Waals surface area contributed by atoms with Crippen molar-refractivity contribution in [2.24, 2.45) is 23.7 Å². The fourth-order valence-corrected chi connectivity index (χ4v) is 3.52. The van der Waals surface area contributed by atoms with Crippen molar-refractivity contribution in [2.75, 3.05) is 0 Å². The van der Waals surface area contributed by atoms with E-state index < -0.39 is 0 Å². The van der Waals surface area contributed by atoms with Crippen molar-refractivity contribution in [3.05, 3.63) is 12.2 Å². The summed E-state index contributed by atoms with van der Waals surface area (Å²) >= 11 is 0. The maximum atomic E-state index is 9.64. The van der Waals surface area contributed by atoms with Gasteiger partial charge in [0.15, 0.2) is 0 Å².